The Kier molecular flexibility index (Phi) is 4.57. The van der Waals surface area contributed by atoms with Gasteiger partial charge in [0.15, 0.2) is 0 Å². The van der Waals surface area contributed by atoms with E-state index in [1.54, 1.807) is 0 Å². The number of carbonyl (C=O) groups is 2. The average molecular weight is 399 g/mol. The summed E-state index contributed by atoms with van der Waals surface area (Å²) < 4.78 is 4.65. The summed E-state index contributed by atoms with van der Waals surface area (Å²) in [5, 5.41) is 13.4. The normalized spacial score (nSPS) is 37.9. The quantitative estimate of drug-likeness (QED) is 0.816. The Hall–Kier alpha value is -2.08. The van der Waals surface area contributed by atoms with Crippen molar-refractivity contribution in [2.75, 3.05) is 20.2 Å². The molecular formula is C23H30N2O4. The van der Waals surface area contributed by atoms with Gasteiger partial charge in [0.2, 0.25) is 5.91 Å². The molecule has 6 nitrogen and oxygen atoms in total. The number of benzene rings is 1. The molecule has 156 valence electrons. The molecule has 2 N–H and O–H groups in total. The first kappa shape index (κ1) is 18.9. The third-order valence-corrected chi connectivity index (χ3v) is 8.27. The standard InChI is InChI=1S/C23H30N2O4/c1-29-22(28)24-19-12-25(13-19)20(26)11-23(16-5-3-2-4-6-16)17-7-14-8-18(23)10-15(9-17)21(14)27/h2-6,14-15,17-19,21,27H,7-13H2,1H3,(H,24,28). The van der Waals surface area contributed by atoms with Crippen molar-refractivity contribution in [3.05, 3.63) is 35.9 Å². The van der Waals surface area contributed by atoms with Crippen LogP contribution in [0.1, 0.15) is 37.7 Å². The fourth-order valence-electron chi connectivity index (χ4n) is 6.94. The van der Waals surface area contributed by atoms with Crippen LogP contribution in [0.25, 0.3) is 0 Å². The van der Waals surface area contributed by atoms with E-state index in [1.165, 1.54) is 12.7 Å². The van der Waals surface area contributed by atoms with Crippen LogP contribution in [0.15, 0.2) is 30.3 Å². The van der Waals surface area contributed by atoms with Crippen LogP contribution in [0.3, 0.4) is 0 Å². The second-order valence-electron chi connectivity index (χ2n) is 9.56. The zero-order chi connectivity index (χ0) is 20.2. The largest absolute Gasteiger partial charge is 0.453 e. The SMILES string of the molecule is COC(=O)NC1CN(C(=O)CC2(c3ccccc3)C3CC4CC2CC(C3)C4O)C1. The van der Waals surface area contributed by atoms with Gasteiger partial charge in [-0.3, -0.25) is 4.79 Å². The summed E-state index contributed by atoms with van der Waals surface area (Å²) in [6, 6.07) is 10.6. The summed E-state index contributed by atoms with van der Waals surface area (Å²) in [6.45, 7) is 1.11. The lowest BCUT2D eigenvalue weighted by molar-refractivity contribution is -0.155. The molecule has 5 fully saturated rings. The van der Waals surface area contributed by atoms with E-state index in [9.17, 15) is 14.7 Å². The second kappa shape index (κ2) is 7.01. The van der Waals surface area contributed by atoms with Crippen molar-refractivity contribution in [3.63, 3.8) is 0 Å². The summed E-state index contributed by atoms with van der Waals surface area (Å²) in [7, 11) is 1.35. The van der Waals surface area contributed by atoms with E-state index < -0.39 is 6.09 Å². The molecule has 0 atom stereocenters. The molecule has 1 aromatic carbocycles. The van der Waals surface area contributed by atoms with Crippen molar-refractivity contribution in [2.45, 2.75) is 49.7 Å². The minimum atomic E-state index is -0.442. The predicted octanol–water partition coefficient (Wildman–Crippen LogP) is 2.31. The van der Waals surface area contributed by atoms with Crippen LogP contribution < -0.4 is 5.32 Å². The topological polar surface area (TPSA) is 78.9 Å². The maximum Gasteiger partial charge on any atom is 0.407 e. The van der Waals surface area contributed by atoms with Gasteiger partial charge in [-0.2, -0.15) is 0 Å². The summed E-state index contributed by atoms with van der Waals surface area (Å²) in [5.74, 6) is 1.92. The number of methoxy groups -OCH3 is 1. The van der Waals surface area contributed by atoms with E-state index in [-0.39, 0.29) is 23.5 Å². The Morgan fingerprint density at radius 2 is 1.69 bits per heavy atom. The molecule has 0 aromatic heterocycles. The van der Waals surface area contributed by atoms with Gasteiger partial charge in [0.25, 0.3) is 0 Å². The van der Waals surface area contributed by atoms with Crippen molar-refractivity contribution < 1.29 is 19.4 Å². The number of nitrogens with zero attached hydrogens (tertiary/aromatic N) is 1. The maximum atomic E-state index is 13.3. The molecule has 0 radical (unpaired) electrons. The molecule has 6 heteroatoms. The highest BCUT2D eigenvalue weighted by Crippen LogP contribution is 2.64. The molecule has 1 aromatic rings. The van der Waals surface area contributed by atoms with Crippen LogP contribution >= 0.6 is 0 Å². The van der Waals surface area contributed by atoms with Crippen LogP contribution in [-0.2, 0) is 14.9 Å². The number of likely N-dealkylation sites (tertiary alicyclic amines) is 1. The highest BCUT2D eigenvalue weighted by molar-refractivity contribution is 5.79. The first-order valence-corrected chi connectivity index (χ1v) is 10.9. The third-order valence-electron chi connectivity index (χ3n) is 8.27. The Labute approximate surface area is 171 Å². The predicted molar refractivity (Wildman–Crippen MR) is 107 cm³/mol. The number of hydrogen-bond acceptors (Lipinski definition) is 4. The summed E-state index contributed by atoms with van der Waals surface area (Å²) in [5.41, 5.74) is 1.17. The minimum absolute atomic E-state index is 0.0206. The third kappa shape index (κ3) is 2.95. The summed E-state index contributed by atoms with van der Waals surface area (Å²) >= 11 is 0. The molecule has 0 unspecified atom stereocenters. The monoisotopic (exact) mass is 398 g/mol. The zero-order valence-corrected chi connectivity index (χ0v) is 16.9. The van der Waals surface area contributed by atoms with Gasteiger partial charge in [0.1, 0.15) is 0 Å². The van der Waals surface area contributed by atoms with Crippen molar-refractivity contribution in [2.24, 2.45) is 23.7 Å². The number of rotatable bonds is 4. The number of nitrogens with one attached hydrogen (secondary N) is 1. The van der Waals surface area contributed by atoms with Crippen LogP contribution in [-0.4, -0.2) is 54.4 Å². The fraction of sp³-hybridized carbons (Fsp3) is 0.652. The van der Waals surface area contributed by atoms with Gasteiger partial charge in [0.05, 0.1) is 19.3 Å². The molecule has 1 saturated heterocycles. The maximum absolute atomic E-state index is 13.3. The van der Waals surface area contributed by atoms with Crippen molar-refractivity contribution in [1.82, 2.24) is 10.2 Å². The molecule has 5 aliphatic rings. The van der Waals surface area contributed by atoms with E-state index >= 15 is 0 Å². The van der Waals surface area contributed by atoms with Gasteiger partial charge in [-0.05, 0) is 54.9 Å². The van der Waals surface area contributed by atoms with Crippen molar-refractivity contribution in [3.8, 4) is 0 Å². The lowest BCUT2D eigenvalue weighted by atomic mass is 9.42. The molecule has 0 spiro atoms. The molecule has 4 saturated carbocycles. The highest BCUT2D eigenvalue weighted by atomic mass is 16.5. The molecule has 1 aliphatic heterocycles. The lowest BCUT2D eigenvalue weighted by Crippen LogP contribution is -2.64. The molecular weight excluding hydrogens is 368 g/mol. The number of aliphatic hydroxyl groups excluding tert-OH is 1. The van der Waals surface area contributed by atoms with Crippen LogP contribution in [0.5, 0.6) is 0 Å². The summed E-state index contributed by atoms with van der Waals surface area (Å²) in [4.78, 5) is 26.5. The molecule has 2 amide bonds. The second-order valence-corrected chi connectivity index (χ2v) is 9.56. The van der Waals surface area contributed by atoms with Crippen LogP contribution in [0, 0.1) is 23.7 Å². The molecule has 4 bridgehead atoms. The number of amides is 2. The number of alkyl carbamates (subject to hydrolysis) is 1. The van der Waals surface area contributed by atoms with E-state index in [2.05, 4.69) is 34.3 Å². The Morgan fingerprint density at radius 3 is 2.24 bits per heavy atom. The Balaban J connectivity index is 1.37. The highest BCUT2D eigenvalue weighted by Gasteiger charge is 2.61. The van der Waals surface area contributed by atoms with E-state index in [0.29, 0.717) is 43.2 Å². The Morgan fingerprint density at radius 1 is 1.10 bits per heavy atom. The smallest absolute Gasteiger partial charge is 0.407 e. The Bertz CT molecular complexity index is 759. The lowest BCUT2D eigenvalue weighted by Gasteiger charge is -2.63. The average Bonchev–Trinajstić information content (AvgIpc) is 2.69. The van der Waals surface area contributed by atoms with E-state index in [1.807, 2.05) is 11.0 Å². The van der Waals surface area contributed by atoms with Crippen molar-refractivity contribution >= 4 is 12.0 Å². The first-order valence-electron chi connectivity index (χ1n) is 10.9. The molecule has 29 heavy (non-hydrogen) atoms. The molecule has 4 aliphatic carbocycles. The number of ether oxygens (including phenoxy) is 1. The van der Waals surface area contributed by atoms with E-state index in [4.69, 9.17) is 0 Å². The van der Waals surface area contributed by atoms with Gasteiger partial charge >= 0.3 is 6.09 Å². The van der Waals surface area contributed by atoms with Crippen LogP contribution in [0.2, 0.25) is 0 Å². The van der Waals surface area contributed by atoms with Gasteiger partial charge < -0.3 is 20.1 Å². The van der Waals surface area contributed by atoms with Crippen LogP contribution in [0.4, 0.5) is 4.79 Å². The van der Waals surface area contributed by atoms with E-state index in [0.717, 1.165) is 25.7 Å². The van der Waals surface area contributed by atoms with Gasteiger partial charge in [-0.1, -0.05) is 30.3 Å². The summed E-state index contributed by atoms with van der Waals surface area (Å²) in [6.07, 6.45) is 4.07. The zero-order valence-electron chi connectivity index (χ0n) is 16.9. The van der Waals surface area contributed by atoms with Gasteiger partial charge in [-0.25, -0.2) is 4.79 Å². The first-order chi connectivity index (χ1) is 14.0. The molecule has 1 heterocycles. The number of carbonyl (C=O) groups excluding carboxylic acids is 2. The van der Waals surface area contributed by atoms with Gasteiger partial charge in [-0.15, -0.1) is 0 Å². The molecule has 6 rings (SSSR count). The fourth-order valence-corrected chi connectivity index (χ4v) is 6.94. The van der Waals surface area contributed by atoms with Gasteiger partial charge in [0, 0.05) is 24.9 Å². The number of hydrogen-bond donors (Lipinski definition) is 2. The minimum Gasteiger partial charge on any atom is -0.453 e. The van der Waals surface area contributed by atoms with Crippen molar-refractivity contribution in [1.29, 1.82) is 0 Å². The number of aliphatic hydroxyl groups is 1.